The fraction of sp³-hybridized carbons (Fsp3) is 0.385. The highest BCUT2D eigenvalue weighted by molar-refractivity contribution is 7.98. The number of rotatable bonds is 7. The highest BCUT2D eigenvalue weighted by Crippen LogP contribution is 2.23. The van der Waals surface area contributed by atoms with Crippen LogP contribution in [-0.4, -0.2) is 40.0 Å². The second-order valence-electron chi connectivity index (χ2n) is 4.37. The molecule has 0 fully saturated rings. The Bertz CT molecular complexity index is 561. The molecule has 1 amide bonds. The van der Waals surface area contributed by atoms with Crippen molar-refractivity contribution >= 4 is 29.3 Å². The largest absolute Gasteiger partial charge is 0.480 e. The molecule has 2 N–H and O–H groups in total. The molecule has 7 nitrogen and oxygen atoms in total. The molecule has 0 aliphatic carbocycles. The average molecular weight is 312 g/mol. The molecule has 1 rings (SSSR count). The van der Waals surface area contributed by atoms with Crippen LogP contribution < -0.4 is 5.32 Å². The summed E-state index contributed by atoms with van der Waals surface area (Å²) in [6.45, 7) is 1.53. The van der Waals surface area contributed by atoms with Gasteiger partial charge in [-0.25, -0.2) is 4.79 Å². The molecule has 1 aromatic carbocycles. The third kappa shape index (κ3) is 4.45. The Kier molecular flexibility index (Phi) is 6.16. The van der Waals surface area contributed by atoms with Crippen LogP contribution >= 0.6 is 11.8 Å². The molecular formula is C13H16N2O5S. The molecular weight excluding hydrogens is 296 g/mol. The summed E-state index contributed by atoms with van der Waals surface area (Å²) >= 11 is 1.46. The SMILES string of the molecule is CSCCC(NC(=O)c1cccc(C)c1[N+](=O)[O-])C(=O)O. The standard InChI is InChI=1S/C13H16N2O5S/c1-8-4-3-5-9(11(8)15(19)20)12(16)14-10(13(17)18)6-7-21-2/h3-5,10H,6-7H2,1-2H3,(H,14,16)(H,17,18). The van der Waals surface area contributed by atoms with Crippen molar-refractivity contribution in [1.82, 2.24) is 5.32 Å². The van der Waals surface area contributed by atoms with Crippen molar-refractivity contribution in [2.24, 2.45) is 0 Å². The van der Waals surface area contributed by atoms with Gasteiger partial charge in [0.25, 0.3) is 11.6 Å². The molecule has 0 spiro atoms. The summed E-state index contributed by atoms with van der Waals surface area (Å²) in [5, 5.41) is 22.4. The second-order valence-corrected chi connectivity index (χ2v) is 5.36. The predicted molar refractivity (Wildman–Crippen MR) is 79.7 cm³/mol. The number of carboxylic acid groups (broad SMARTS) is 1. The number of hydrogen-bond acceptors (Lipinski definition) is 5. The van der Waals surface area contributed by atoms with Gasteiger partial charge in [-0.15, -0.1) is 0 Å². The summed E-state index contributed by atoms with van der Waals surface area (Å²) in [7, 11) is 0. The van der Waals surface area contributed by atoms with E-state index in [0.29, 0.717) is 11.3 Å². The maximum absolute atomic E-state index is 12.1. The second kappa shape index (κ2) is 7.63. The number of thioether (sulfide) groups is 1. The van der Waals surface area contributed by atoms with Crippen LogP contribution in [0.5, 0.6) is 0 Å². The minimum atomic E-state index is -1.16. The maximum atomic E-state index is 12.1. The molecule has 0 radical (unpaired) electrons. The number of nitro groups is 1. The predicted octanol–water partition coefficient (Wildman–Crippen LogP) is 1.84. The van der Waals surface area contributed by atoms with Crippen LogP contribution in [0.1, 0.15) is 22.3 Å². The van der Waals surface area contributed by atoms with E-state index in [1.807, 2.05) is 6.26 Å². The summed E-state index contributed by atoms with van der Waals surface area (Å²) in [5.41, 5.74) is -0.0805. The van der Waals surface area contributed by atoms with Crippen molar-refractivity contribution in [3.05, 3.63) is 39.4 Å². The minimum Gasteiger partial charge on any atom is -0.480 e. The Labute approximate surface area is 125 Å². The van der Waals surface area contributed by atoms with Crippen LogP contribution in [0, 0.1) is 17.0 Å². The van der Waals surface area contributed by atoms with Crippen LogP contribution in [-0.2, 0) is 4.79 Å². The summed E-state index contributed by atoms with van der Waals surface area (Å²) in [5.74, 6) is -1.35. The number of carbonyl (C=O) groups is 2. The molecule has 8 heteroatoms. The molecule has 114 valence electrons. The monoisotopic (exact) mass is 312 g/mol. The van der Waals surface area contributed by atoms with E-state index in [2.05, 4.69) is 5.32 Å². The fourth-order valence-corrected chi connectivity index (χ4v) is 2.29. The Morgan fingerprint density at radius 3 is 2.67 bits per heavy atom. The Balaban J connectivity index is 3.00. The highest BCUT2D eigenvalue weighted by atomic mass is 32.2. The van der Waals surface area contributed by atoms with Crippen molar-refractivity contribution < 1.29 is 19.6 Å². The first kappa shape index (κ1) is 17.0. The number of nitrogens with one attached hydrogen (secondary N) is 1. The van der Waals surface area contributed by atoms with Crippen molar-refractivity contribution in [2.45, 2.75) is 19.4 Å². The molecule has 1 atom stereocenters. The molecule has 0 bridgehead atoms. The third-order valence-electron chi connectivity index (χ3n) is 2.88. The molecule has 1 unspecified atom stereocenters. The summed E-state index contributed by atoms with van der Waals surface area (Å²) < 4.78 is 0. The zero-order valence-electron chi connectivity index (χ0n) is 11.7. The number of benzene rings is 1. The maximum Gasteiger partial charge on any atom is 0.326 e. The lowest BCUT2D eigenvalue weighted by molar-refractivity contribution is -0.385. The Hall–Kier alpha value is -2.09. The fourth-order valence-electron chi connectivity index (χ4n) is 1.81. The molecule has 0 heterocycles. The molecule has 0 aromatic heterocycles. The number of aryl methyl sites for hydroxylation is 1. The normalized spacial score (nSPS) is 11.7. The van der Waals surface area contributed by atoms with Gasteiger partial charge in [0.15, 0.2) is 0 Å². The number of para-hydroxylation sites is 1. The van der Waals surface area contributed by atoms with E-state index in [4.69, 9.17) is 5.11 Å². The van der Waals surface area contributed by atoms with Gasteiger partial charge in [0.2, 0.25) is 0 Å². The smallest absolute Gasteiger partial charge is 0.326 e. The topological polar surface area (TPSA) is 110 Å². The lowest BCUT2D eigenvalue weighted by Crippen LogP contribution is -2.41. The number of nitrogens with zero attached hydrogens (tertiary/aromatic N) is 1. The molecule has 0 saturated carbocycles. The van der Waals surface area contributed by atoms with E-state index < -0.39 is 22.8 Å². The zero-order valence-corrected chi connectivity index (χ0v) is 12.5. The van der Waals surface area contributed by atoms with Gasteiger partial charge in [-0.1, -0.05) is 12.1 Å². The average Bonchev–Trinajstić information content (AvgIpc) is 2.42. The minimum absolute atomic E-state index is 0.129. The van der Waals surface area contributed by atoms with Crippen LogP contribution in [0.4, 0.5) is 5.69 Å². The number of carboxylic acids is 1. The van der Waals surface area contributed by atoms with Gasteiger partial charge < -0.3 is 10.4 Å². The highest BCUT2D eigenvalue weighted by Gasteiger charge is 2.26. The van der Waals surface area contributed by atoms with Gasteiger partial charge in [0, 0.05) is 5.56 Å². The lowest BCUT2D eigenvalue weighted by atomic mass is 10.1. The number of aliphatic carboxylic acids is 1. The van der Waals surface area contributed by atoms with Crippen molar-refractivity contribution in [3.63, 3.8) is 0 Å². The van der Waals surface area contributed by atoms with Gasteiger partial charge in [-0.3, -0.25) is 14.9 Å². The van der Waals surface area contributed by atoms with Gasteiger partial charge in [-0.05, 0) is 31.4 Å². The van der Waals surface area contributed by atoms with Gasteiger partial charge in [-0.2, -0.15) is 11.8 Å². The van der Waals surface area contributed by atoms with Crippen LogP contribution in [0.15, 0.2) is 18.2 Å². The molecule has 0 saturated heterocycles. The van der Waals surface area contributed by atoms with E-state index in [1.54, 1.807) is 0 Å². The van der Waals surface area contributed by atoms with Crippen molar-refractivity contribution in [3.8, 4) is 0 Å². The summed E-state index contributed by atoms with van der Waals surface area (Å²) in [6.07, 6.45) is 2.08. The van der Waals surface area contributed by atoms with E-state index in [-0.39, 0.29) is 17.7 Å². The Morgan fingerprint density at radius 1 is 1.48 bits per heavy atom. The molecule has 0 aliphatic rings. The van der Waals surface area contributed by atoms with Crippen molar-refractivity contribution in [2.75, 3.05) is 12.0 Å². The van der Waals surface area contributed by atoms with Crippen molar-refractivity contribution in [1.29, 1.82) is 0 Å². The number of nitro benzene ring substituents is 1. The number of amides is 1. The van der Waals surface area contributed by atoms with E-state index >= 15 is 0 Å². The first-order valence-electron chi connectivity index (χ1n) is 6.15. The van der Waals surface area contributed by atoms with Gasteiger partial charge in [0.1, 0.15) is 11.6 Å². The lowest BCUT2D eigenvalue weighted by Gasteiger charge is -2.14. The van der Waals surface area contributed by atoms with E-state index in [1.165, 1.54) is 36.9 Å². The summed E-state index contributed by atoms with van der Waals surface area (Å²) in [4.78, 5) is 33.6. The quantitative estimate of drug-likeness (QED) is 0.587. The van der Waals surface area contributed by atoms with Crippen LogP contribution in [0.25, 0.3) is 0 Å². The first-order chi connectivity index (χ1) is 9.88. The molecule has 21 heavy (non-hydrogen) atoms. The van der Waals surface area contributed by atoms with E-state index in [9.17, 15) is 19.7 Å². The first-order valence-corrected chi connectivity index (χ1v) is 7.54. The molecule has 0 aliphatic heterocycles. The number of hydrogen-bond donors (Lipinski definition) is 2. The van der Waals surface area contributed by atoms with E-state index in [0.717, 1.165) is 0 Å². The number of carbonyl (C=O) groups excluding carboxylic acids is 1. The zero-order chi connectivity index (χ0) is 16.0. The van der Waals surface area contributed by atoms with Gasteiger partial charge in [0.05, 0.1) is 4.92 Å². The third-order valence-corrected chi connectivity index (χ3v) is 3.52. The Morgan fingerprint density at radius 2 is 2.14 bits per heavy atom. The van der Waals surface area contributed by atoms with Gasteiger partial charge >= 0.3 is 5.97 Å². The molecule has 1 aromatic rings. The van der Waals surface area contributed by atoms with Crippen LogP contribution in [0.2, 0.25) is 0 Å². The van der Waals surface area contributed by atoms with Crippen LogP contribution in [0.3, 0.4) is 0 Å². The summed E-state index contributed by atoms with van der Waals surface area (Å²) in [6, 6.07) is 3.30.